The van der Waals surface area contributed by atoms with Gasteiger partial charge in [0.05, 0.1) is 20.2 Å². The van der Waals surface area contributed by atoms with Gasteiger partial charge in [-0.15, -0.1) is 0 Å². The second kappa shape index (κ2) is 8.94. The molecule has 156 valence electrons. The fourth-order valence-electron chi connectivity index (χ4n) is 2.77. The van der Waals surface area contributed by atoms with E-state index >= 15 is 0 Å². The van der Waals surface area contributed by atoms with E-state index in [0.717, 1.165) is 5.56 Å². The van der Waals surface area contributed by atoms with E-state index in [-0.39, 0.29) is 30.3 Å². The molecule has 0 aliphatic heterocycles. The first kappa shape index (κ1) is 22.2. The normalized spacial score (nSPS) is 11.1. The van der Waals surface area contributed by atoms with Crippen LogP contribution in [0.5, 0.6) is 0 Å². The first-order chi connectivity index (χ1) is 13.5. The minimum absolute atomic E-state index is 0.00558. The Balaban J connectivity index is 1.91. The molecule has 1 heterocycles. The lowest BCUT2D eigenvalue weighted by Crippen LogP contribution is -2.37. The number of furan rings is 1. The van der Waals surface area contributed by atoms with Crippen molar-refractivity contribution in [3.8, 4) is 0 Å². The summed E-state index contributed by atoms with van der Waals surface area (Å²) in [6.45, 7) is 8.00. The molecule has 1 aromatic carbocycles. The molecule has 0 atom stereocenters. The highest BCUT2D eigenvalue weighted by Gasteiger charge is 2.19. The van der Waals surface area contributed by atoms with Crippen LogP contribution in [0.4, 0.5) is 0 Å². The quantitative estimate of drug-likeness (QED) is 0.753. The topological polar surface area (TPSA) is 88.9 Å². The van der Waals surface area contributed by atoms with Crippen molar-refractivity contribution in [2.75, 3.05) is 20.7 Å². The molecule has 2 amide bonds. The number of nitrogens with one attached hydrogen (secondary N) is 1. The van der Waals surface area contributed by atoms with Crippen LogP contribution in [-0.2, 0) is 21.5 Å². The number of esters is 1. The number of hydrogen-bond donors (Lipinski definition) is 1. The zero-order chi connectivity index (χ0) is 21.8. The lowest BCUT2D eigenvalue weighted by Gasteiger charge is -2.19. The Kier molecular flexibility index (Phi) is 6.84. The number of carbonyl (C=O) groups excluding carboxylic acids is 3. The van der Waals surface area contributed by atoms with Crippen molar-refractivity contribution in [3.05, 3.63) is 58.5 Å². The van der Waals surface area contributed by atoms with E-state index < -0.39 is 5.97 Å². The minimum atomic E-state index is -0.490. The van der Waals surface area contributed by atoms with E-state index in [1.807, 2.05) is 12.1 Å². The molecule has 1 aromatic heterocycles. The van der Waals surface area contributed by atoms with Crippen molar-refractivity contribution in [3.63, 3.8) is 0 Å². The molecule has 0 saturated heterocycles. The molecule has 0 radical (unpaired) electrons. The molecule has 0 saturated carbocycles. The number of amides is 2. The van der Waals surface area contributed by atoms with Gasteiger partial charge in [-0.25, -0.2) is 4.79 Å². The zero-order valence-corrected chi connectivity index (χ0v) is 17.8. The van der Waals surface area contributed by atoms with Crippen LogP contribution in [0.15, 0.2) is 34.7 Å². The van der Waals surface area contributed by atoms with E-state index in [9.17, 15) is 14.4 Å². The van der Waals surface area contributed by atoms with Gasteiger partial charge in [-0.2, -0.15) is 0 Å². The molecule has 0 spiro atoms. The number of ether oxygens (including phenoxy) is 1. The molecular weight excluding hydrogens is 372 g/mol. The van der Waals surface area contributed by atoms with Gasteiger partial charge in [0.25, 0.3) is 5.91 Å². The largest absolute Gasteiger partial charge is 0.465 e. The maximum absolute atomic E-state index is 12.3. The van der Waals surface area contributed by atoms with E-state index in [0.29, 0.717) is 22.6 Å². The van der Waals surface area contributed by atoms with Crippen LogP contribution in [-0.4, -0.2) is 43.4 Å². The van der Waals surface area contributed by atoms with Crippen LogP contribution < -0.4 is 5.32 Å². The Morgan fingerprint density at radius 1 is 1.14 bits per heavy atom. The Labute approximate surface area is 171 Å². The third-order valence-corrected chi connectivity index (χ3v) is 4.61. The average Bonchev–Trinajstić information content (AvgIpc) is 3.04. The molecule has 0 bridgehead atoms. The van der Waals surface area contributed by atoms with Crippen molar-refractivity contribution >= 4 is 17.8 Å². The van der Waals surface area contributed by atoms with Crippen LogP contribution in [0, 0.1) is 6.92 Å². The van der Waals surface area contributed by atoms with Gasteiger partial charge in [-0.05, 0) is 36.1 Å². The SMILES string of the molecule is COC(=O)c1cc(CN(C)C(=O)CNC(=O)c2ccc(C(C)(C)C)cc2)oc1C. The molecule has 2 aromatic rings. The second-order valence-electron chi connectivity index (χ2n) is 7.93. The molecule has 0 aliphatic carbocycles. The first-order valence-corrected chi connectivity index (χ1v) is 9.33. The van der Waals surface area contributed by atoms with Gasteiger partial charge in [-0.1, -0.05) is 32.9 Å². The van der Waals surface area contributed by atoms with Gasteiger partial charge in [-0.3, -0.25) is 9.59 Å². The summed E-state index contributed by atoms with van der Waals surface area (Å²) in [5, 5.41) is 2.63. The van der Waals surface area contributed by atoms with Crippen molar-refractivity contribution in [2.24, 2.45) is 0 Å². The molecule has 7 heteroatoms. The first-order valence-electron chi connectivity index (χ1n) is 9.33. The van der Waals surface area contributed by atoms with E-state index in [2.05, 4.69) is 30.8 Å². The van der Waals surface area contributed by atoms with Crippen molar-refractivity contribution in [1.29, 1.82) is 0 Å². The lowest BCUT2D eigenvalue weighted by atomic mass is 9.87. The highest BCUT2D eigenvalue weighted by Crippen LogP contribution is 2.22. The van der Waals surface area contributed by atoms with Gasteiger partial charge in [0.2, 0.25) is 5.91 Å². The van der Waals surface area contributed by atoms with Crippen molar-refractivity contribution < 1.29 is 23.5 Å². The monoisotopic (exact) mass is 400 g/mol. The smallest absolute Gasteiger partial charge is 0.341 e. The number of hydrogen-bond acceptors (Lipinski definition) is 5. The van der Waals surface area contributed by atoms with Gasteiger partial charge in [0.15, 0.2) is 0 Å². The van der Waals surface area contributed by atoms with Crippen LogP contribution in [0.2, 0.25) is 0 Å². The fourth-order valence-corrected chi connectivity index (χ4v) is 2.77. The predicted octanol–water partition coefficient (Wildman–Crippen LogP) is 3.06. The van der Waals surface area contributed by atoms with Crippen LogP contribution >= 0.6 is 0 Å². The number of likely N-dealkylation sites (N-methyl/N-ethyl adjacent to an activating group) is 1. The van der Waals surface area contributed by atoms with Crippen molar-refractivity contribution in [1.82, 2.24) is 10.2 Å². The number of aryl methyl sites for hydroxylation is 1. The molecule has 29 heavy (non-hydrogen) atoms. The summed E-state index contributed by atoms with van der Waals surface area (Å²) in [4.78, 5) is 37.7. The summed E-state index contributed by atoms with van der Waals surface area (Å²) in [6.07, 6.45) is 0. The van der Waals surface area contributed by atoms with Gasteiger partial charge < -0.3 is 19.4 Å². The van der Waals surface area contributed by atoms with Gasteiger partial charge >= 0.3 is 5.97 Å². The van der Waals surface area contributed by atoms with Gasteiger partial charge in [0, 0.05) is 12.6 Å². The average molecular weight is 400 g/mol. The highest BCUT2D eigenvalue weighted by molar-refractivity contribution is 5.96. The molecule has 2 rings (SSSR count). The molecule has 1 N–H and O–H groups in total. The summed E-state index contributed by atoms with van der Waals surface area (Å²) in [6, 6.07) is 8.90. The predicted molar refractivity (Wildman–Crippen MR) is 109 cm³/mol. The summed E-state index contributed by atoms with van der Waals surface area (Å²) in [5.74, 6) is -0.189. The molecule has 7 nitrogen and oxygen atoms in total. The Hall–Kier alpha value is -3.09. The number of carbonyl (C=O) groups is 3. The fraction of sp³-hybridized carbons (Fsp3) is 0.409. The van der Waals surface area contributed by atoms with E-state index in [4.69, 9.17) is 4.42 Å². The summed E-state index contributed by atoms with van der Waals surface area (Å²) < 4.78 is 10.2. The van der Waals surface area contributed by atoms with Crippen LogP contribution in [0.25, 0.3) is 0 Å². The Bertz CT molecular complexity index is 891. The van der Waals surface area contributed by atoms with Gasteiger partial charge in [0.1, 0.15) is 17.1 Å². The molecular formula is C22H28N2O5. The third kappa shape index (κ3) is 5.70. The zero-order valence-electron chi connectivity index (χ0n) is 17.8. The second-order valence-corrected chi connectivity index (χ2v) is 7.93. The summed E-state index contributed by atoms with van der Waals surface area (Å²) >= 11 is 0. The maximum atomic E-state index is 12.3. The number of rotatable bonds is 6. The lowest BCUT2D eigenvalue weighted by molar-refractivity contribution is -0.129. The van der Waals surface area contributed by atoms with E-state index in [1.54, 1.807) is 32.2 Å². The molecule has 0 aliphatic rings. The maximum Gasteiger partial charge on any atom is 0.341 e. The van der Waals surface area contributed by atoms with Crippen LogP contribution in [0.1, 0.15) is 58.6 Å². The number of methoxy groups -OCH3 is 1. The Morgan fingerprint density at radius 2 is 1.76 bits per heavy atom. The van der Waals surface area contributed by atoms with Crippen LogP contribution in [0.3, 0.4) is 0 Å². The molecule has 0 unspecified atom stereocenters. The third-order valence-electron chi connectivity index (χ3n) is 4.61. The van der Waals surface area contributed by atoms with E-state index in [1.165, 1.54) is 12.0 Å². The minimum Gasteiger partial charge on any atom is -0.465 e. The summed E-state index contributed by atoms with van der Waals surface area (Å²) in [5.41, 5.74) is 1.96. The standard InChI is InChI=1S/C22H28N2O5/c1-14-18(21(27)28-6)11-17(29-14)13-24(5)19(25)12-23-20(26)15-7-9-16(10-8-15)22(2,3)4/h7-11H,12-13H2,1-6H3,(H,23,26). The number of nitrogens with zero attached hydrogens (tertiary/aromatic N) is 1. The van der Waals surface area contributed by atoms with Crippen molar-refractivity contribution in [2.45, 2.75) is 39.7 Å². The summed E-state index contributed by atoms with van der Waals surface area (Å²) in [7, 11) is 2.89. The Morgan fingerprint density at radius 3 is 2.31 bits per heavy atom. The number of benzene rings is 1. The highest BCUT2D eigenvalue weighted by atomic mass is 16.5. The molecule has 0 fully saturated rings.